The number of carbonyl (C=O) groups is 3. The number of carboxylic acid groups (broad SMARTS) is 1. The lowest BCUT2D eigenvalue weighted by atomic mass is 9.98. The first-order chi connectivity index (χ1) is 18.3. The summed E-state index contributed by atoms with van der Waals surface area (Å²) in [7, 11) is 1.28. The maximum Gasteiger partial charge on any atom is 0.407 e. The second kappa shape index (κ2) is 12.4. The average molecular weight is 519 g/mol. The molecular weight excluding hydrogens is 488 g/mol. The van der Waals surface area contributed by atoms with Gasteiger partial charge >= 0.3 is 12.1 Å². The Bertz CT molecular complexity index is 1240. The molecule has 3 aromatic carbocycles. The quantitative estimate of drug-likeness (QED) is 0.369. The first kappa shape index (κ1) is 26.8. The second-order valence-corrected chi connectivity index (χ2v) is 8.95. The van der Waals surface area contributed by atoms with Gasteiger partial charge in [0.05, 0.1) is 12.7 Å². The molecule has 0 radical (unpaired) electrons. The maximum absolute atomic E-state index is 13.1. The minimum absolute atomic E-state index is 0.0748. The van der Waals surface area contributed by atoms with Crippen LogP contribution in [0.25, 0.3) is 11.1 Å². The molecule has 0 heterocycles. The highest BCUT2D eigenvalue weighted by Gasteiger charge is 2.33. The Labute approximate surface area is 220 Å². The van der Waals surface area contributed by atoms with Crippen LogP contribution >= 0.6 is 0 Å². The standard InChI is InChI=1S/C29H30N2O7/c1-19(36-16-20-10-4-3-5-11-20)27(28(34)31(2)38-18-26(32)33)30-29(35)37-17-25-23-14-8-6-12-21(23)22-13-7-9-15-24(22)25/h3-15,19,25,27H,16-18H2,1-2H3,(H,30,35)(H,32,33). The van der Waals surface area contributed by atoms with Crippen LogP contribution in [0.1, 0.15) is 29.5 Å². The number of carboxylic acids is 1. The van der Waals surface area contributed by atoms with Crippen LogP contribution in [0.5, 0.6) is 0 Å². The first-order valence-corrected chi connectivity index (χ1v) is 12.2. The van der Waals surface area contributed by atoms with E-state index >= 15 is 0 Å². The molecule has 0 aliphatic heterocycles. The lowest BCUT2D eigenvalue weighted by Gasteiger charge is -2.28. The highest BCUT2D eigenvalue weighted by molar-refractivity contribution is 5.85. The molecule has 9 nitrogen and oxygen atoms in total. The Morgan fingerprint density at radius 3 is 2.11 bits per heavy atom. The molecule has 2 unspecified atom stereocenters. The summed E-state index contributed by atoms with van der Waals surface area (Å²) in [5.74, 6) is -2.06. The van der Waals surface area contributed by atoms with Gasteiger partial charge in [0.25, 0.3) is 5.91 Å². The van der Waals surface area contributed by atoms with Crippen LogP contribution < -0.4 is 5.32 Å². The van der Waals surface area contributed by atoms with E-state index in [4.69, 9.17) is 19.4 Å². The van der Waals surface area contributed by atoms with Gasteiger partial charge in [0.15, 0.2) is 6.61 Å². The Morgan fingerprint density at radius 2 is 1.50 bits per heavy atom. The van der Waals surface area contributed by atoms with Crippen LogP contribution in [-0.4, -0.2) is 60.5 Å². The first-order valence-electron chi connectivity index (χ1n) is 12.2. The van der Waals surface area contributed by atoms with Crippen LogP contribution in [-0.2, 0) is 30.5 Å². The van der Waals surface area contributed by atoms with E-state index in [-0.39, 0.29) is 19.1 Å². The summed E-state index contributed by atoms with van der Waals surface area (Å²) in [4.78, 5) is 41.9. The van der Waals surface area contributed by atoms with E-state index < -0.39 is 36.7 Å². The molecule has 2 N–H and O–H groups in total. The summed E-state index contributed by atoms with van der Waals surface area (Å²) >= 11 is 0. The largest absolute Gasteiger partial charge is 0.479 e. The van der Waals surface area contributed by atoms with E-state index in [1.807, 2.05) is 78.9 Å². The molecule has 3 aromatic rings. The van der Waals surface area contributed by atoms with E-state index in [9.17, 15) is 14.4 Å². The maximum atomic E-state index is 13.1. The van der Waals surface area contributed by atoms with Crippen LogP contribution in [0.3, 0.4) is 0 Å². The summed E-state index contributed by atoms with van der Waals surface area (Å²) < 4.78 is 11.5. The molecule has 2 amide bonds. The van der Waals surface area contributed by atoms with Gasteiger partial charge in [0.2, 0.25) is 0 Å². The van der Waals surface area contributed by atoms with Gasteiger partial charge in [0, 0.05) is 13.0 Å². The van der Waals surface area contributed by atoms with Crippen LogP contribution in [0.4, 0.5) is 4.79 Å². The highest BCUT2D eigenvalue weighted by atomic mass is 16.7. The minimum Gasteiger partial charge on any atom is -0.479 e. The Hall–Kier alpha value is -4.21. The van der Waals surface area contributed by atoms with Gasteiger partial charge < -0.3 is 19.9 Å². The number of benzene rings is 3. The zero-order chi connectivity index (χ0) is 27.1. The molecule has 0 fully saturated rings. The van der Waals surface area contributed by atoms with E-state index in [1.54, 1.807) is 6.92 Å². The number of ether oxygens (including phenoxy) is 2. The topological polar surface area (TPSA) is 114 Å². The zero-order valence-corrected chi connectivity index (χ0v) is 21.2. The van der Waals surface area contributed by atoms with Gasteiger partial charge in [-0.2, -0.15) is 0 Å². The number of nitrogens with zero attached hydrogens (tertiary/aromatic N) is 1. The lowest BCUT2D eigenvalue weighted by Crippen LogP contribution is -2.53. The molecule has 1 aliphatic rings. The normalized spacial score (nSPS) is 13.6. The fraction of sp³-hybridized carbons (Fsp3) is 0.276. The van der Waals surface area contributed by atoms with Gasteiger partial charge in [-0.3, -0.25) is 9.63 Å². The third kappa shape index (κ3) is 6.37. The van der Waals surface area contributed by atoms with Crippen LogP contribution in [0, 0.1) is 0 Å². The van der Waals surface area contributed by atoms with E-state index in [1.165, 1.54) is 7.05 Å². The van der Waals surface area contributed by atoms with E-state index in [0.717, 1.165) is 32.9 Å². The molecule has 0 saturated heterocycles. The third-order valence-electron chi connectivity index (χ3n) is 6.40. The molecule has 0 spiro atoms. The number of rotatable bonds is 11. The van der Waals surface area contributed by atoms with Crippen molar-refractivity contribution in [3.8, 4) is 11.1 Å². The molecule has 0 saturated carbocycles. The van der Waals surface area contributed by atoms with Crippen molar-refractivity contribution in [2.45, 2.75) is 31.6 Å². The number of hydroxylamine groups is 2. The SMILES string of the molecule is CC(OCc1ccccc1)C(NC(=O)OCC1c2ccccc2-c2ccccc21)C(=O)N(C)OCC(=O)O. The van der Waals surface area contributed by atoms with Gasteiger partial charge in [-0.1, -0.05) is 78.9 Å². The summed E-state index contributed by atoms with van der Waals surface area (Å²) in [5, 5.41) is 12.3. The van der Waals surface area contributed by atoms with Crippen molar-refractivity contribution in [1.82, 2.24) is 10.4 Å². The molecule has 0 aromatic heterocycles. The molecule has 9 heteroatoms. The average Bonchev–Trinajstić information content (AvgIpc) is 3.26. The number of hydrogen-bond acceptors (Lipinski definition) is 6. The summed E-state index contributed by atoms with van der Waals surface area (Å²) in [5.41, 5.74) is 5.23. The van der Waals surface area contributed by atoms with Crippen molar-refractivity contribution >= 4 is 18.0 Å². The number of amides is 2. The molecule has 38 heavy (non-hydrogen) atoms. The van der Waals surface area contributed by atoms with Gasteiger partial charge in [0.1, 0.15) is 12.6 Å². The predicted molar refractivity (Wildman–Crippen MR) is 139 cm³/mol. The van der Waals surface area contributed by atoms with Crippen molar-refractivity contribution in [2.24, 2.45) is 0 Å². The Balaban J connectivity index is 1.44. The van der Waals surface area contributed by atoms with Gasteiger partial charge in [-0.05, 0) is 34.7 Å². The number of hydrogen-bond donors (Lipinski definition) is 2. The fourth-order valence-corrected chi connectivity index (χ4v) is 4.46. The van der Waals surface area contributed by atoms with Crippen LogP contribution in [0.15, 0.2) is 78.9 Å². The Morgan fingerprint density at radius 1 is 0.921 bits per heavy atom. The summed E-state index contributed by atoms with van der Waals surface area (Å²) in [6.45, 7) is 1.21. The van der Waals surface area contributed by atoms with Crippen LogP contribution in [0.2, 0.25) is 0 Å². The van der Waals surface area contributed by atoms with Crippen molar-refractivity contribution in [3.63, 3.8) is 0 Å². The number of carbonyl (C=O) groups excluding carboxylic acids is 2. The molecule has 198 valence electrons. The fourth-order valence-electron chi connectivity index (χ4n) is 4.46. The molecular formula is C29H30N2O7. The van der Waals surface area contributed by atoms with Crippen molar-refractivity contribution < 1.29 is 33.8 Å². The third-order valence-corrected chi connectivity index (χ3v) is 6.40. The molecule has 0 bridgehead atoms. The monoisotopic (exact) mass is 518 g/mol. The van der Waals surface area contributed by atoms with Crippen molar-refractivity contribution in [3.05, 3.63) is 95.6 Å². The summed E-state index contributed by atoms with van der Waals surface area (Å²) in [6, 6.07) is 24.2. The number of fused-ring (bicyclic) bond motifs is 3. The van der Waals surface area contributed by atoms with E-state index in [2.05, 4.69) is 5.32 Å². The highest BCUT2D eigenvalue weighted by Crippen LogP contribution is 2.44. The molecule has 1 aliphatic carbocycles. The molecule has 4 rings (SSSR count). The number of aliphatic carboxylic acids is 1. The predicted octanol–water partition coefficient (Wildman–Crippen LogP) is 3.97. The lowest BCUT2D eigenvalue weighted by molar-refractivity contribution is -0.189. The minimum atomic E-state index is -1.24. The zero-order valence-electron chi connectivity index (χ0n) is 21.2. The Kier molecular flexibility index (Phi) is 8.73. The van der Waals surface area contributed by atoms with Gasteiger partial charge in [-0.25, -0.2) is 14.7 Å². The number of likely N-dealkylation sites (N-methyl/N-ethyl adjacent to an activating group) is 1. The smallest absolute Gasteiger partial charge is 0.407 e. The molecule has 2 atom stereocenters. The van der Waals surface area contributed by atoms with Crippen molar-refractivity contribution in [2.75, 3.05) is 20.3 Å². The van der Waals surface area contributed by atoms with E-state index in [0.29, 0.717) is 0 Å². The van der Waals surface area contributed by atoms with Gasteiger partial charge in [-0.15, -0.1) is 0 Å². The second-order valence-electron chi connectivity index (χ2n) is 8.95. The van der Waals surface area contributed by atoms with Crippen molar-refractivity contribution in [1.29, 1.82) is 0 Å². The number of alkyl carbamates (subject to hydrolysis) is 1. The summed E-state index contributed by atoms with van der Waals surface area (Å²) in [6.07, 6.45) is -1.58. The number of nitrogens with one attached hydrogen (secondary N) is 1.